The van der Waals surface area contributed by atoms with E-state index >= 15 is 0 Å². The Hall–Kier alpha value is -2.82. The zero-order valence-electron chi connectivity index (χ0n) is 11.8. The van der Waals surface area contributed by atoms with Crippen molar-refractivity contribution in [3.8, 4) is 0 Å². The van der Waals surface area contributed by atoms with E-state index in [4.69, 9.17) is 0 Å². The van der Waals surface area contributed by atoms with Crippen molar-refractivity contribution in [2.24, 2.45) is 0 Å². The fourth-order valence-electron chi connectivity index (χ4n) is 1.94. The molecule has 0 bridgehead atoms. The van der Waals surface area contributed by atoms with E-state index in [9.17, 15) is 14.7 Å². The summed E-state index contributed by atoms with van der Waals surface area (Å²) < 4.78 is 0. The minimum Gasteiger partial charge on any atom is -0.478 e. The summed E-state index contributed by atoms with van der Waals surface area (Å²) in [5, 5.41) is 14.9. The average molecular weight is 284 g/mol. The zero-order valence-corrected chi connectivity index (χ0v) is 11.8. The van der Waals surface area contributed by atoms with Gasteiger partial charge in [0.25, 0.3) is 0 Å². The van der Waals surface area contributed by atoms with E-state index in [1.165, 1.54) is 6.92 Å². The highest BCUT2D eigenvalue weighted by Crippen LogP contribution is 2.23. The third-order valence-electron chi connectivity index (χ3n) is 2.89. The van der Waals surface area contributed by atoms with Crippen LogP contribution in [0.3, 0.4) is 0 Å². The fourth-order valence-corrected chi connectivity index (χ4v) is 1.94. The molecule has 0 aliphatic carbocycles. The van der Waals surface area contributed by atoms with Crippen molar-refractivity contribution in [3.05, 3.63) is 53.6 Å². The predicted octanol–water partition coefficient (Wildman–Crippen LogP) is 3.40. The van der Waals surface area contributed by atoms with Crippen molar-refractivity contribution in [2.45, 2.75) is 13.8 Å². The van der Waals surface area contributed by atoms with Crippen LogP contribution in [-0.4, -0.2) is 17.0 Å². The van der Waals surface area contributed by atoms with Crippen molar-refractivity contribution >= 4 is 28.9 Å². The van der Waals surface area contributed by atoms with E-state index in [1.54, 1.807) is 42.5 Å². The highest BCUT2D eigenvalue weighted by molar-refractivity contribution is 5.95. The van der Waals surface area contributed by atoms with Crippen LogP contribution in [0.4, 0.5) is 17.1 Å². The second-order valence-corrected chi connectivity index (χ2v) is 4.74. The van der Waals surface area contributed by atoms with Gasteiger partial charge in [-0.3, -0.25) is 4.79 Å². The standard InChI is InChI=1S/C16H16N2O3/c1-10-3-8-14(16(20)21)15(9-10)18-13-6-4-12(5-7-13)17-11(2)19/h3-9,18H,1-2H3,(H,17,19)(H,20,21). The molecule has 2 aromatic rings. The number of benzene rings is 2. The number of amides is 1. The van der Waals surface area contributed by atoms with Crippen molar-refractivity contribution in [1.82, 2.24) is 0 Å². The molecule has 0 unspecified atom stereocenters. The molecule has 1 amide bonds. The number of carboxylic acids is 1. The van der Waals surface area contributed by atoms with E-state index in [0.29, 0.717) is 11.4 Å². The summed E-state index contributed by atoms with van der Waals surface area (Å²) in [5.74, 6) is -1.12. The van der Waals surface area contributed by atoms with E-state index < -0.39 is 5.97 Å². The molecule has 0 heterocycles. The summed E-state index contributed by atoms with van der Waals surface area (Å²) in [4.78, 5) is 22.2. The van der Waals surface area contributed by atoms with Gasteiger partial charge in [-0.2, -0.15) is 0 Å². The topological polar surface area (TPSA) is 78.4 Å². The first kappa shape index (κ1) is 14.6. The minimum atomic E-state index is -0.979. The van der Waals surface area contributed by atoms with Gasteiger partial charge in [0.05, 0.1) is 11.3 Å². The highest BCUT2D eigenvalue weighted by Gasteiger charge is 2.10. The molecule has 0 aromatic heterocycles. The van der Waals surface area contributed by atoms with Crippen LogP contribution in [-0.2, 0) is 4.79 Å². The predicted molar refractivity (Wildman–Crippen MR) is 82.2 cm³/mol. The molecule has 3 N–H and O–H groups in total. The number of nitrogens with one attached hydrogen (secondary N) is 2. The van der Waals surface area contributed by atoms with Crippen LogP contribution in [0, 0.1) is 6.92 Å². The molecule has 0 atom stereocenters. The quantitative estimate of drug-likeness (QED) is 0.804. The van der Waals surface area contributed by atoms with Crippen LogP contribution < -0.4 is 10.6 Å². The largest absolute Gasteiger partial charge is 0.478 e. The van der Waals surface area contributed by atoms with Crippen LogP contribution in [0.15, 0.2) is 42.5 Å². The lowest BCUT2D eigenvalue weighted by molar-refractivity contribution is -0.114. The third-order valence-corrected chi connectivity index (χ3v) is 2.89. The number of hydrogen-bond acceptors (Lipinski definition) is 3. The number of anilines is 3. The number of aryl methyl sites for hydroxylation is 1. The minimum absolute atomic E-state index is 0.137. The Bertz CT molecular complexity index is 678. The van der Waals surface area contributed by atoms with Crippen LogP contribution >= 0.6 is 0 Å². The van der Waals surface area contributed by atoms with Crippen molar-refractivity contribution in [3.63, 3.8) is 0 Å². The lowest BCUT2D eigenvalue weighted by Crippen LogP contribution is -2.06. The molecule has 21 heavy (non-hydrogen) atoms. The second kappa shape index (κ2) is 6.09. The van der Waals surface area contributed by atoms with Crippen molar-refractivity contribution in [1.29, 1.82) is 0 Å². The lowest BCUT2D eigenvalue weighted by Gasteiger charge is -2.11. The van der Waals surface area contributed by atoms with Crippen molar-refractivity contribution < 1.29 is 14.7 Å². The smallest absolute Gasteiger partial charge is 0.337 e. The van der Waals surface area contributed by atoms with E-state index in [-0.39, 0.29) is 11.5 Å². The maximum atomic E-state index is 11.2. The molecular weight excluding hydrogens is 268 g/mol. The maximum Gasteiger partial charge on any atom is 0.337 e. The summed E-state index contributed by atoms with van der Waals surface area (Å²) >= 11 is 0. The Balaban J connectivity index is 2.23. The first-order chi connectivity index (χ1) is 9.95. The normalized spacial score (nSPS) is 10.0. The summed E-state index contributed by atoms with van der Waals surface area (Å²) in [6, 6.07) is 12.2. The van der Waals surface area contributed by atoms with E-state index in [2.05, 4.69) is 10.6 Å². The highest BCUT2D eigenvalue weighted by atomic mass is 16.4. The number of carbonyl (C=O) groups excluding carboxylic acids is 1. The number of aromatic carboxylic acids is 1. The molecule has 108 valence electrons. The molecule has 0 spiro atoms. The molecule has 5 heteroatoms. The Kier molecular flexibility index (Phi) is 4.23. The monoisotopic (exact) mass is 284 g/mol. The van der Waals surface area contributed by atoms with Gasteiger partial charge in [-0.25, -0.2) is 4.79 Å². The molecule has 0 fully saturated rings. The first-order valence-electron chi connectivity index (χ1n) is 6.44. The van der Waals surface area contributed by atoms with Crippen LogP contribution in [0.5, 0.6) is 0 Å². The van der Waals surface area contributed by atoms with E-state index in [1.807, 2.05) is 6.92 Å². The molecule has 2 aromatic carbocycles. The van der Waals surface area contributed by atoms with Gasteiger partial charge in [0, 0.05) is 18.3 Å². The van der Waals surface area contributed by atoms with Gasteiger partial charge < -0.3 is 15.7 Å². The van der Waals surface area contributed by atoms with Gasteiger partial charge in [0.1, 0.15) is 0 Å². The van der Waals surface area contributed by atoms with Crippen LogP contribution in [0.25, 0.3) is 0 Å². The summed E-state index contributed by atoms with van der Waals surface area (Å²) in [6.45, 7) is 3.34. The number of carbonyl (C=O) groups is 2. The van der Waals surface area contributed by atoms with Gasteiger partial charge >= 0.3 is 5.97 Å². The van der Waals surface area contributed by atoms with Gasteiger partial charge in [0.15, 0.2) is 0 Å². The summed E-state index contributed by atoms with van der Waals surface area (Å²) in [5.41, 5.74) is 3.16. The average Bonchev–Trinajstić information content (AvgIpc) is 2.40. The molecule has 2 rings (SSSR count). The van der Waals surface area contributed by atoms with Crippen LogP contribution in [0.2, 0.25) is 0 Å². The Morgan fingerprint density at radius 1 is 1.00 bits per heavy atom. The Labute approximate surface area is 122 Å². The summed E-state index contributed by atoms with van der Waals surface area (Å²) in [7, 11) is 0. The van der Waals surface area contributed by atoms with E-state index in [0.717, 1.165) is 11.3 Å². The Morgan fingerprint density at radius 2 is 1.62 bits per heavy atom. The van der Waals surface area contributed by atoms with Gasteiger partial charge in [-0.05, 0) is 48.9 Å². The SMILES string of the molecule is CC(=O)Nc1ccc(Nc2cc(C)ccc2C(=O)O)cc1. The number of carboxylic acid groups (broad SMARTS) is 1. The molecule has 0 aliphatic heterocycles. The third kappa shape index (κ3) is 3.82. The van der Waals surface area contributed by atoms with Crippen molar-refractivity contribution in [2.75, 3.05) is 10.6 Å². The number of rotatable bonds is 4. The molecular formula is C16H16N2O3. The maximum absolute atomic E-state index is 11.2. The molecule has 0 saturated heterocycles. The van der Waals surface area contributed by atoms with Gasteiger partial charge in [0.2, 0.25) is 5.91 Å². The van der Waals surface area contributed by atoms with Gasteiger partial charge in [-0.1, -0.05) is 6.07 Å². The molecule has 0 radical (unpaired) electrons. The molecule has 0 aliphatic rings. The fraction of sp³-hybridized carbons (Fsp3) is 0.125. The lowest BCUT2D eigenvalue weighted by atomic mass is 10.1. The molecule has 5 nitrogen and oxygen atoms in total. The number of hydrogen-bond donors (Lipinski definition) is 3. The Morgan fingerprint density at radius 3 is 2.19 bits per heavy atom. The van der Waals surface area contributed by atoms with Gasteiger partial charge in [-0.15, -0.1) is 0 Å². The first-order valence-corrected chi connectivity index (χ1v) is 6.44. The molecule has 0 saturated carbocycles. The second-order valence-electron chi connectivity index (χ2n) is 4.74. The zero-order chi connectivity index (χ0) is 15.4. The summed E-state index contributed by atoms with van der Waals surface area (Å²) in [6.07, 6.45) is 0. The van der Waals surface area contributed by atoms with Crippen LogP contribution in [0.1, 0.15) is 22.8 Å².